The van der Waals surface area contributed by atoms with Crippen LogP contribution in [0.15, 0.2) is 24.0 Å². The first-order valence-corrected chi connectivity index (χ1v) is 6.21. The number of fused-ring (bicyclic) bond motifs is 2. The van der Waals surface area contributed by atoms with Gasteiger partial charge in [0.25, 0.3) is 5.91 Å². The van der Waals surface area contributed by atoms with Crippen LogP contribution in [0.25, 0.3) is 11.0 Å². The Morgan fingerprint density at radius 3 is 2.82 bits per heavy atom. The quantitative estimate of drug-likeness (QED) is 0.772. The lowest BCUT2D eigenvalue weighted by Crippen LogP contribution is -2.25. The van der Waals surface area contributed by atoms with E-state index in [0.29, 0.717) is 17.6 Å². The molecule has 8 nitrogen and oxygen atoms in total. The topological polar surface area (TPSA) is 97.5 Å². The Morgan fingerprint density at radius 1 is 1.32 bits per heavy atom. The molecule has 2 aliphatic rings. The van der Waals surface area contributed by atoms with Gasteiger partial charge in [0.15, 0.2) is 11.5 Å². The number of aromatic amines is 1. The molecule has 22 heavy (non-hydrogen) atoms. The number of rotatable bonds is 2. The molecule has 2 aromatic rings. The number of carbonyl (C=O) groups is 1. The maximum absolute atomic E-state index is 13.0. The van der Waals surface area contributed by atoms with Gasteiger partial charge in [-0.15, -0.1) is 8.78 Å². The average molecular weight is 310 g/mol. The third-order valence-electron chi connectivity index (χ3n) is 3.01. The molecule has 0 fully saturated rings. The number of aromatic nitrogens is 2. The fourth-order valence-electron chi connectivity index (χ4n) is 2.12. The van der Waals surface area contributed by atoms with Gasteiger partial charge in [0, 0.05) is 12.1 Å². The number of nitrogens with one attached hydrogen (secondary N) is 3. The molecule has 4 rings (SSSR count). The second-order valence-corrected chi connectivity index (χ2v) is 4.54. The lowest BCUT2D eigenvalue weighted by atomic mass is 10.3. The van der Waals surface area contributed by atoms with Crippen LogP contribution in [0, 0.1) is 0 Å². The maximum atomic E-state index is 13.0. The highest BCUT2D eigenvalue weighted by atomic mass is 19.3. The first-order valence-electron chi connectivity index (χ1n) is 6.21. The molecule has 0 saturated heterocycles. The van der Waals surface area contributed by atoms with E-state index in [-0.39, 0.29) is 23.2 Å². The minimum absolute atomic E-state index is 0.106. The Kier molecular flexibility index (Phi) is 2.51. The van der Waals surface area contributed by atoms with E-state index in [1.54, 1.807) is 6.08 Å². The molecule has 0 bridgehead atoms. The van der Waals surface area contributed by atoms with E-state index in [0.717, 1.165) is 0 Å². The number of carbonyl (C=O) groups excluding carboxylic acids is 1. The highest BCUT2D eigenvalue weighted by Gasteiger charge is 2.43. The Bertz CT molecular complexity index is 772. The molecule has 1 aromatic heterocycles. The summed E-state index contributed by atoms with van der Waals surface area (Å²) in [4.78, 5) is 23.6. The zero-order valence-electron chi connectivity index (χ0n) is 10.8. The molecule has 114 valence electrons. The largest absolute Gasteiger partial charge is 0.586 e. The molecule has 2 aliphatic heterocycles. The van der Waals surface area contributed by atoms with E-state index in [1.165, 1.54) is 12.1 Å². The Morgan fingerprint density at radius 2 is 2.09 bits per heavy atom. The molecule has 3 heterocycles. The molecule has 0 spiro atoms. The summed E-state index contributed by atoms with van der Waals surface area (Å²) >= 11 is 0. The smallest absolute Gasteiger partial charge is 0.403 e. The van der Waals surface area contributed by atoms with Gasteiger partial charge in [0.05, 0.1) is 17.6 Å². The van der Waals surface area contributed by atoms with Crippen LogP contribution in [0.5, 0.6) is 11.5 Å². The van der Waals surface area contributed by atoms with Gasteiger partial charge in [-0.05, 0) is 6.08 Å². The van der Waals surface area contributed by atoms with Crippen molar-refractivity contribution in [2.75, 3.05) is 11.9 Å². The van der Waals surface area contributed by atoms with Gasteiger partial charge in [0.1, 0.15) is 0 Å². The minimum atomic E-state index is -3.68. The second kappa shape index (κ2) is 4.31. The zero-order valence-corrected chi connectivity index (χ0v) is 10.8. The van der Waals surface area contributed by atoms with Crippen molar-refractivity contribution in [1.82, 2.24) is 15.4 Å². The summed E-state index contributed by atoms with van der Waals surface area (Å²) in [5.41, 5.74) is 3.27. The third kappa shape index (κ3) is 2.09. The summed E-state index contributed by atoms with van der Waals surface area (Å²) in [5.74, 6) is -0.449. The predicted molar refractivity (Wildman–Crippen MR) is 68.1 cm³/mol. The highest BCUT2D eigenvalue weighted by molar-refractivity contribution is 6.02. The van der Waals surface area contributed by atoms with Gasteiger partial charge in [-0.2, -0.15) is 5.48 Å². The van der Waals surface area contributed by atoms with E-state index < -0.39 is 12.2 Å². The van der Waals surface area contributed by atoms with E-state index in [1.807, 2.05) is 0 Å². The number of imidazole rings is 1. The van der Waals surface area contributed by atoms with Crippen molar-refractivity contribution in [3.63, 3.8) is 0 Å². The van der Waals surface area contributed by atoms with Crippen molar-refractivity contribution in [3.8, 4) is 11.5 Å². The van der Waals surface area contributed by atoms with Gasteiger partial charge in [-0.25, -0.2) is 4.98 Å². The van der Waals surface area contributed by atoms with Gasteiger partial charge in [-0.3, -0.25) is 10.1 Å². The summed E-state index contributed by atoms with van der Waals surface area (Å²) in [6.07, 6.45) is -2.12. The number of hydrogen-bond acceptors (Lipinski definition) is 6. The summed E-state index contributed by atoms with van der Waals surface area (Å²) < 4.78 is 34.6. The Balaban J connectivity index is 1.61. The van der Waals surface area contributed by atoms with E-state index >= 15 is 0 Å². The third-order valence-corrected chi connectivity index (χ3v) is 3.01. The summed E-state index contributed by atoms with van der Waals surface area (Å²) in [6.45, 7) is 0.429. The van der Waals surface area contributed by atoms with Crippen molar-refractivity contribution in [2.45, 2.75) is 6.29 Å². The number of H-pyrrole nitrogens is 1. The zero-order chi connectivity index (χ0) is 15.3. The first kappa shape index (κ1) is 12.8. The van der Waals surface area contributed by atoms with Crippen LogP contribution in [0.3, 0.4) is 0 Å². The maximum Gasteiger partial charge on any atom is 0.586 e. The standard InChI is InChI=1S/C12H8F2N4O4/c13-12(14)20-8-3-5-6(4-9(8)21-12)17-11(16-5)18-10(19)7-1-2-15-22-7/h1,3-4,15H,2H2,(H2,16,17,18,19). The van der Waals surface area contributed by atoms with Gasteiger partial charge < -0.3 is 19.3 Å². The lowest BCUT2D eigenvalue weighted by molar-refractivity contribution is -0.286. The number of alkyl halides is 2. The van der Waals surface area contributed by atoms with Gasteiger partial charge in [0.2, 0.25) is 11.7 Å². The van der Waals surface area contributed by atoms with E-state index in [4.69, 9.17) is 4.84 Å². The fraction of sp³-hybridized carbons (Fsp3) is 0.167. The summed E-state index contributed by atoms with van der Waals surface area (Å²) in [7, 11) is 0. The molecule has 0 unspecified atom stereocenters. The van der Waals surface area contributed by atoms with Crippen LogP contribution >= 0.6 is 0 Å². The number of benzene rings is 1. The van der Waals surface area contributed by atoms with Crippen LogP contribution in [0.4, 0.5) is 14.7 Å². The second-order valence-electron chi connectivity index (χ2n) is 4.54. The first-order chi connectivity index (χ1) is 10.5. The summed E-state index contributed by atoms with van der Waals surface area (Å²) in [6, 6.07) is 2.62. The van der Waals surface area contributed by atoms with Crippen molar-refractivity contribution in [2.24, 2.45) is 0 Å². The Labute approximate surface area is 121 Å². The van der Waals surface area contributed by atoms with Crippen LogP contribution < -0.4 is 20.3 Å². The molecular formula is C12H8F2N4O4. The van der Waals surface area contributed by atoms with E-state index in [2.05, 4.69) is 30.2 Å². The van der Waals surface area contributed by atoms with Crippen molar-refractivity contribution < 1.29 is 27.9 Å². The molecule has 0 atom stereocenters. The van der Waals surface area contributed by atoms with Crippen LogP contribution in [-0.4, -0.2) is 28.7 Å². The fourth-order valence-corrected chi connectivity index (χ4v) is 2.12. The lowest BCUT2D eigenvalue weighted by Gasteiger charge is -2.04. The molecule has 0 saturated carbocycles. The van der Waals surface area contributed by atoms with Crippen molar-refractivity contribution >= 4 is 22.9 Å². The van der Waals surface area contributed by atoms with Gasteiger partial charge >= 0.3 is 6.29 Å². The normalized spacial score (nSPS) is 18.2. The number of ether oxygens (including phenoxy) is 2. The highest BCUT2D eigenvalue weighted by Crippen LogP contribution is 2.42. The van der Waals surface area contributed by atoms with Crippen molar-refractivity contribution in [3.05, 3.63) is 24.0 Å². The average Bonchev–Trinajstić information content (AvgIpc) is 3.11. The van der Waals surface area contributed by atoms with Crippen molar-refractivity contribution in [1.29, 1.82) is 0 Å². The molecule has 1 amide bonds. The Hall–Kier alpha value is -2.88. The minimum Gasteiger partial charge on any atom is -0.403 e. The van der Waals surface area contributed by atoms with E-state index in [9.17, 15) is 13.6 Å². The molecule has 1 aromatic carbocycles. The van der Waals surface area contributed by atoms with Crippen LogP contribution in [0.2, 0.25) is 0 Å². The number of hydrogen-bond donors (Lipinski definition) is 3. The SMILES string of the molecule is O=C(Nc1nc2cc3c(cc2[nH]1)OC(F)(F)O3)C1=CCNO1. The molecule has 0 radical (unpaired) electrons. The molecule has 3 N–H and O–H groups in total. The number of anilines is 1. The van der Waals surface area contributed by atoms with Crippen LogP contribution in [0.1, 0.15) is 0 Å². The number of halogens is 2. The molecular weight excluding hydrogens is 302 g/mol. The molecule has 10 heteroatoms. The van der Waals surface area contributed by atoms with Gasteiger partial charge in [-0.1, -0.05) is 0 Å². The van der Waals surface area contributed by atoms with Crippen LogP contribution in [-0.2, 0) is 9.63 Å². The number of nitrogens with zero attached hydrogens (tertiary/aromatic N) is 1. The number of hydroxylamine groups is 1. The summed E-state index contributed by atoms with van der Waals surface area (Å²) in [5, 5.41) is 2.50. The monoisotopic (exact) mass is 310 g/mol. The molecule has 0 aliphatic carbocycles. The number of amides is 1. The predicted octanol–water partition coefficient (Wildman–Crippen LogP) is 1.24.